The van der Waals surface area contributed by atoms with E-state index in [0.29, 0.717) is 0 Å². The molecule has 2 aromatic heterocycles. The van der Waals surface area contributed by atoms with Crippen molar-refractivity contribution in [2.75, 3.05) is 11.9 Å². The Morgan fingerprint density at radius 2 is 1.62 bits per heavy atom. The van der Waals surface area contributed by atoms with Crippen LogP contribution >= 0.6 is 0 Å². The number of anilines is 1. The quantitative estimate of drug-likeness (QED) is 0.472. The third-order valence-electron chi connectivity index (χ3n) is 4.61. The Balaban J connectivity index is 1.45. The largest absolute Gasteiger partial charge is 0.369 e. The molecule has 1 N–H and O–H groups in total. The second-order valence-electron chi connectivity index (χ2n) is 6.76. The third-order valence-corrected chi connectivity index (χ3v) is 4.61. The zero-order chi connectivity index (χ0) is 18.0. The zero-order valence-corrected chi connectivity index (χ0v) is 15.7. The van der Waals surface area contributed by atoms with E-state index in [2.05, 4.69) is 27.3 Å². The van der Waals surface area contributed by atoms with Gasteiger partial charge >= 0.3 is 0 Å². The summed E-state index contributed by atoms with van der Waals surface area (Å²) >= 11 is 0. The predicted octanol–water partition coefficient (Wildman–Crippen LogP) is 5.37. The molecule has 3 rings (SSSR count). The fraction of sp³-hybridized carbons (Fsp3) is 0.476. The summed E-state index contributed by atoms with van der Waals surface area (Å²) in [4.78, 5) is 9.18. The molecule has 0 saturated carbocycles. The van der Waals surface area contributed by atoms with Crippen LogP contribution in [0.2, 0.25) is 0 Å². The molecule has 0 aliphatic carbocycles. The summed E-state index contributed by atoms with van der Waals surface area (Å²) in [7, 11) is 0. The van der Waals surface area contributed by atoms with E-state index in [9.17, 15) is 0 Å². The summed E-state index contributed by atoms with van der Waals surface area (Å²) in [5.74, 6) is 0.827. The summed E-state index contributed by atoms with van der Waals surface area (Å²) in [6.45, 7) is 3.21. The molecule has 5 nitrogen and oxygen atoms in total. The summed E-state index contributed by atoms with van der Waals surface area (Å²) in [5.41, 5.74) is 2.60. The molecular formula is C21H29N5. The monoisotopic (exact) mass is 351 g/mol. The number of nitrogens with zero attached hydrogens (tertiary/aromatic N) is 4. The summed E-state index contributed by atoms with van der Waals surface area (Å²) in [6, 6.07) is 10.0. The van der Waals surface area contributed by atoms with Gasteiger partial charge in [-0.1, -0.05) is 70.1 Å². The lowest BCUT2D eigenvalue weighted by molar-refractivity contribution is 0.581. The maximum absolute atomic E-state index is 4.63. The van der Waals surface area contributed by atoms with Gasteiger partial charge in [-0.15, -0.1) is 0 Å². The van der Waals surface area contributed by atoms with Crippen molar-refractivity contribution in [3.05, 3.63) is 42.7 Å². The van der Waals surface area contributed by atoms with E-state index < -0.39 is 0 Å². The molecular weight excluding hydrogens is 322 g/mol. The lowest BCUT2D eigenvalue weighted by atomic mass is 10.1. The molecule has 0 saturated heterocycles. The Hall–Kier alpha value is -2.43. The maximum atomic E-state index is 4.63. The first-order chi connectivity index (χ1) is 12.9. The minimum Gasteiger partial charge on any atom is -0.369 e. The Bertz CT molecular complexity index is 781. The molecule has 0 radical (unpaired) electrons. The molecule has 1 aromatic carbocycles. The standard InChI is InChI=1S/C21H29N5/c1-2-3-4-5-6-7-8-12-15-22-20-17-23-21-19(25-20)16-24-26(21)18-13-10-9-11-14-18/h9-11,13-14,16-17H,2-8,12,15H2,1H3,(H,22,25). The molecule has 0 spiro atoms. The first kappa shape index (κ1) is 18.4. The Morgan fingerprint density at radius 3 is 2.38 bits per heavy atom. The number of fused-ring (bicyclic) bond motifs is 1. The van der Waals surface area contributed by atoms with Gasteiger partial charge in [-0.25, -0.2) is 14.6 Å². The minimum atomic E-state index is 0.786. The van der Waals surface area contributed by atoms with Crippen LogP contribution in [0.1, 0.15) is 58.3 Å². The van der Waals surface area contributed by atoms with Gasteiger partial charge in [0, 0.05) is 6.54 Å². The molecule has 3 aromatic rings. The van der Waals surface area contributed by atoms with Crippen molar-refractivity contribution in [2.45, 2.75) is 58.3 Å². The van der Waals surface area contributed by atoms with E-state index in [1.54, 1.807) is 12.4 Å². The van der Waals surface area contributed by atoms with Crippen LogP contribution in [-0.2, 0) is 0 Å². The predicted molar refractivity (Wildman–Crippen MR) is 108 cm³/mol. The van der Waals surface area contributed by atoms with Gasteiger partial charge in [0.05, 0.1) is 18.1 Å². The lowest BCUT2D eigenvalue weighted by Crippen LogP contribution is -2.04. The minimum absolute atomic E-state index is 0.786. The van der Waals surface area contributed by atoms with E-state index in [0.717, 1.165) is 29.2 Å². The summed E-state index contributed by atoms with van der Waals surface area (Å²) in [5, 5.41) is 7.81. The van der Waals surface area contributed by atoms with Gasteiger partial charge in [-0.2, -0.15) is 5.10 Å². The fourth-order valence-corrected chi connectivity index (χ4v) is 3.13. The average molecular weight is 351 g/mol. The van der Waals surface area contributed by atoms with Crippen molar-refractivity contribution < 1.29 is 0 Å². The Kier molecular flexibility index (Phi) is 6.99. The Morgan fingerprint density at radius 1 is 0.885 bits per heavy atom. The van der Waals surface area contributed by atoms with Gasteiger partial charge in [0.1, 0.15) is 11.3 Å². The molecule has 0 aliphatic heterocycles. The van der Waals surface area contributed by atoms with E-state index in [4.69, 9.17) is 0 Å². The molecule has 5 heteroatoms. The van der Waals surface area contributed by atoms with Gasteiger partial charge in [0.25, 0.3) is 0 Å². The molecule has 2 heterocycles. The van der Waals surface area contributed by atoms with Gasteiger partial charge in [0.15, 0.2) is 5.65 Å². The summed E-state index contributed by atoms with van der Waals surface area (Å²) < 4.78 is 1.82. The molecule has 0 unspecified atom stereocenters. The van der Waals surface area contributed by atoms with Crippen LogP contribution in [0.3, 0.4) is 0 Å². The van der Waals surface area contributed by atoms with Crippen LogP contribution < -0.4 is 5.32 Å². The smallest absolute Gasteiger partial charge is 0.181 e. The number of rotatable bonds is 11. The van der Waals surface area contributed by atoms with Crippen LogP contribution in [-0.4, -0.2) is 26.3 Å². The topological polar surface area (TPSA) is 55.6 Å². The van der Waals surface area contributed by atoms with Crippen LogP contribution in [0.25, 0.3) is 16.9 Å². The first-order valence-corrected chi connectivity index (χ1v) is 9.88. The first-order valence-electron chi connectivity index (χ1n) is 9.88. The van der Waals surface area contributed by atoms with Gasteiger partial charge < -0.3 is 5.32 Å². The molecule has 26 heavy (non-hydrogen) atoms. The molecule has 0 aliphatic rings. The normalized spacial score (nSPS) is 11.1. The van der Waals surface area contributed by atoms with Crippen molar-refractivity contribution in [1.82, 2.24) is 19.7 Å². The highest BCUT2D eigenvalue weighted by Gasteiger charge is 2.08. The molecule has 0 fully saturated rings. The summed E-state index contributed by atoms with van der Waals surface area (Å²) in [6.07, 6.45) is 14.2. The highest BCUT2D eigenvalue weighted by atomic mass is 15.3. The Labute approximate surface area is 155 Å². The zero-order valence-electron chi connectivity index (χ0n) is 15.7. The number of benzene rings is 1. The van der Waals surface area contributed by atoms with Crippen LogP contribution in [0.15, 0.2) is 42.7 Å². The van der Waals surface area contributed by atoms with Crippen LogP contribution in [0.4, 0.5) is 5.82 Å². The van der Waals surface area contributed by atoms with Crippen molar-refractivity contribution in [3.8, 4) is 5.69 Å². The second-order valence-corrected chi connectivity index (χ2v) is 6.76. The van der Waals surface area contributed by atoms with Crippen molar-refractivity contribution in [1.29, 1.82) is 0 Å². The highest BCUT2D eigenvalue weighted by Crippen LogP contribution is 2.16. The van der Waals surface area contributed by atoms with E-state index in [1.807, 2.05) is 35.0 Å². The number of nitrogens with one attached hydrogen (secondary N) is 1. The van der Waals surface area contributed by atoms with Crippen LogP contribution in [0, 0.1) is 0 Å². The lowest BCUT2D eigenvalue weighted by Gasteiger charge is -2.06. The van der Waals surface area contributed by atoms with Gasteiger partial charge in [0.2, 0.25) is 0 Å². The highest BCUT2D eigenvalue weighted by molar-refractivity contribution is 5.73. The number of aromatic nitrogens is 4. The average Bonchev–Trinajstić information content (AvgIpc) is 3.10. The van der Waals surface area contributed by atoms with Crippen molar-refractivity contribution >= 4 is 17.0 Å². The third kappa shape index (κ3) is 5.04. The molecule has 0 amide bonds. The number of hydrogen-bond acceptors (Lipinski definition) is 4. The van der Waals surface area contributed by atoms with E-state index in [-0.39, 0.29) is 0 Å². The SMILES string of the molecule is CCCCCCCCCCNc1cnc2c(cnn2-c2ccccc2)n1. The number of para-hydroxylation sites is 1. The molecule has 0 atom stereocenters. The van der Waals surface area contributed by atoms with Crippen LogP contribution in [0.5, 0.6) is 0 Å². The van der Waals surface area contributed by atoms with E-state index in [1.165, 1.54) is 51.4 Å². The molecule has 138 valence electrons. The van der Waals surface area contributed by atoms with Crippen molar-refractivity contribution in [2.24, 2.45) is 0 Å². The molecule has 0 bridgehead atoms. The maximum Gasteiger partial charge on any atom is 0.181 e. The van der Waals surface area contributed by atoms with E-state index >= 15 is 0 Å². The second kappa shape index (κ2) is 9.90. The fourth-order valence-electron chi connectivity index (χ4n) is 3.13. The van der Waals surface area contributed by atoms with Crippen molar-refractivity contribution in [3.63, 3.8) is 0 Å². The van der Waals surface area contributed by atoms with Gasteiger partial charge in [-0.3, -0.25) is 0 Å². The number of hydrogen-bond donors (Lipinski definition) is 1. The number of unbranched alkanes of at least 4 members (excludes halogenated alkanes) is 7. The van der Waals surface area contributed by atoms with Gasteiger partial charge in [-0.05, 0) is 18.6 Å².